The molecule has 2 aromatic rings. The fraction of sp³-hybridized carbons (Fsp3) is 0.583. The Bertz CT molecular complexity index is 776. The number of rotatable bonds is 13. The number of esters is 1. The second-order valence-electron chi connectivity index (χ2n) is 7.95. The molecule has 1 aromatic carbocycles. The summed E-state index contributed by atoms with van der Waals surface area (Å²) < 4.78 is 13.3. The Morgan fingerprint density at radius 1 is 1.20 bits per heavy atom. The summed E-state index contributed by atoms with van der Waals surface area (Å²) in [6.45, 7) is 7.26. The maximum atomic E-state index is 12.1. The second kappa shape index (κ2) is 11.6. The molecule has 1 aromatic heterocycles. The van der Waals surface area contributed by atoms with E-state index in [1.807, 2.05) is 31.7 Å². The Labute approximate surface area is 180 Å². The third kappa shape index (κ3) is 6.25. The average molecular weight is 414 g/mol. The van der Waals surface area contributed by atoms with Gasteiger partial charge >= 0.3 is 5.97 Å². The highest BCUT2D eigenvalue weighted by Gasteiger charge is 2.30. The van der Waals surface area contributed by atoms with Crippen LogP contribution >= 0.6 is 0 Å². The molecule has 3 rings (SSSR count). The third-order valence-electron chi connectivity index (χ3n) is 5.66. The third-order valence-corrected chi connectivity index (χ3v) is 5.66. The van der Waals surface area contributed by atoms with E-state index in [4.69, 9.17) is 9.47 Å². The number of hydrogen-bond donors (Lipinski definition) is 0. The lowest BCUT2D eigenvalue weighted by Gasteiger charge is -2.19. The molecule has 30 heavy (non-hydrogen) atoms. The number of aryl methyl sites for hydroxylation is 1. The van der Waals surface area contributed by atoms with E-state index in [1.165, 1.54) is 31.2 Å². The first kappa shape index (κ1) is 22.2. The standard InChI is InChI=1S/C24H35N3O3/c1-3-5-6-7-8-15-30-21-9-10-23-22(16-21)20(11-13-26-14-12-25-19-26)17-27(23)18-24(28)29-4-2/h9-10,12,14,16,19-20H,3-8,11,13,15,17-18H2,1-2H3. The van der Waals surface area contributed by atoms with Crippen LogP contribution in [0.1, 0.15) is 63.9 Å². The molecule has 0 bridgehead atoms. The smallest absolute Gasteiger partial charge is 0.325 e. The average Bonchev–Trinajstić information content (AvgIpc) is 3.37. The van der Waals surface area contributed by atoms with E-state index in [2.05, 4.69) is 33.5 Å². The van der Waals surface area contributed by atoms with Crippen LogP contribution < -0.4 is 9.64 Å². The lowest BCUT2D eigenvalue weighted by Crippen LogP contribution is -2.30. The summed E-state index contributed by atoms with van der Waals surface area (Å²) in [5.74, 6) is 1.10. The van der Waals surface area contributed by atoms with Gasteiger partial charge in [-0.05, 0) is 43.5 Å². The van der Waals surface area contributed by atoms with Gasteiger partial charge in [-0.2, -0.15) is 0 Å². The number of nitrogens with zero attached hydrogens (tertiary/aromatic N) is 3. The normalized spacial score (nSPS) is 15.3. The summed E-state index contributed by atoms with van der Waals surface area (Å²) in [5.41, 5.74) is 2.39. The molecule has 0 amide bonds. The number of carbonyl (C=O) groups is 1. The highest BCUT2D eigenvalue weighted by molar-refractivity contribution is 5.78. The largest absolute Gasteiger partial charge is 0.494 e. The quantitative estimate of drug-likeness (QED) is 0.349. The topological polar surface area (TPSA) is 56.6 Å². The molecule has 1 unspecified atom stereocenters. The Balaban J connectivity index is 1.64. The van der Waals surface area contributed by atoms with Gasteiger partial charge in [-0.1, -0.05) is 32.6 Å². The van der Waals surface area contributed by atoms with Gasteiger partial charge in [-0.3, -0.25) is 4.79 Å². The van der Waals surface area contributed by atoms with Crippen molar-refractivity contribution >= 4 is 11.7 Å². The van der Waals surface area contributed by atoms with Crippen LogP contribution in [0.3, 0.4) is 0 Å². The predicted octanol–water partition coefficient (Wildman–Crippen LogP) is 4.79. The Kier molecular flexibility index (Phi) is 8.60. The number of hydrogen-bond acceptors (Lipinski definition) is 5. The van der Waals surface area contributed by atoms with Crippen LogP contribution in [-0.4, -0.2) is 41.8 Å². The molecule has 0 fully saturated rings. The van der Waals surface area contributed by atoms with E-state index in [0.717, 1.165) is 44.0 Å². The lowest BCUT2D eigenvalue weighted by atomic mass is 9.97. The van der Waals surface area contributed by atoms with Crippen molar-refractivity contribution in [3.05, 3.63) is 42.5 Å². The number of carbonyl (C=O) groups excluding carboxylic acids is 1. The van der Waals surface area contributed by atoms with Gasteiger partial charge in [-0.15, -0.1) is 0 Å². The molecule has 0 radical (unpaired) electrons. The van der Waals surface area contributed by atoms with E-state index in [0.29, 0.717) is 19.1 Å². The van der Waals surface area contributed by atoms with E-state index >= 15 is 0 Å². The maximum Gasteiger partial charge on any atom is 0.325 e. The molecule has 164 valence electrons. The zero-order valence-corrected chi connectivity index (χ0v) is 18.4. The van der Waals surface area contributed by atoms with Crippen LogP contribution in [0, 0.1) is 0 Å². The molecule has 6 nitrogen and oxygen atoms in total. The molecule has 0 saturated heterocycles. The van der Waals surface area contributed by atoms with Crippen molar-refractivity contribution in [2.45, 2.75) is 64.8 Å². The van der Waals surface area contributed by atoms with Crippen molar-refractivity contribution in [1.82, 2.24) is 9.55 Å². The van der Waals surface area contributed by atoms with Gasteiger partial charge in [-0.25, -0.2) is 4.98 Å². The molecule has 2 heterocycles. The van der Waals surface area contributed by atoms with Crippen molar-refractivity contribution in [1.29, 1.82) is 0 Å². The summed E-state index contributed by atoms with van der Waals surface area (Å²) in [4.78, 5) is 18.3. The monoisotopic (exact) mass is 413 g/mol. The Morgan fingerprint density at radius 3 is 2.83 bits per heavy atom. The Morgan fingerprint density at radius 2 is 2.07 bits per heavy atom. The van der Waals surface area contributed by atoms with Crippen molar-refractivity contribution in [3.63, 3.8) is 0 Å². The minimum atomic E-state index is -0.175. The van der Waals surface area contributed by atoms with Crippen LogP contribution in [0.5, 0.6) is 5.75 Å². The molecule has 0 aliphatic carbocycles. The SMILES string of the molecule is CCCCCCCOc1ccc2c(c1)C(CCn1ccnc1)CN2CC(=O)OCC. The fourth-order valence-corrected chi connectivity index (χ4v) is 4.08. The first-order valence-corrected chi connectivity index (χ1v) is 11.3. The van der Waals surface area contributed by atoms with Crippen molar-refractivity contribution in [2.75, 3.05) is 31.2 Å². The number of aromatic nitrogens is 2. The molecule has 1 aliphatic heterocycles. The first-order valence-electron chi connectivity index (χ1n) is 11.3. The van der Waals surface area contributed by atoms with Gasteiger partial charge < -0.3 is 18.9 Å². The summed E-state index contributed by atoms with van der Waals surface area (Å²) in [6.07, 6.45) is 12.8. The van der Waals surface area contributed by atoms with E-state index < -0.39 is 0 Å². The van der Waals surface area contributed by atoms with E-state index in [9.17, 15) is 4.79 Å². The molecule has 0 N–H and O–H groups in total. The number of fused-ring (bicyclic) bond motifs is 1. The highest BCUT2D eigenvalue weighted by Crippen LogP contribution is 2.40. The number of imidazole rings is 1. The van der Waals surface area contributed by atoms with Gasteiger partial charge in [0.25, 0.3) is 0 Å². The zero-order valence-electron chi connectivity index (χ0n) is 18.4. The van der Waals surface area contributed by atoms with Gasteiger partial charge in [0.05, 0.1) is 19.5 Å². The molecule has 0 spiro atoms. The Hall–Kier alpha value is -2.50. The summed E-state index contributed by atoms with van der Waals surface area (Å²) in [6, 6.07) is 6.30. The van der Waals surface area contributed by atoms with Crippen LogP contribution in [0.4, 0.5) is 5.69 Å². The molecular formula is C24H35N3O3. The number of ether oxygens (including phenoxy) is 2. The van der Waals surface area contributed by atoms with Gasteiger partial charge in [0.15, 0.2) is 0 Å². The maximum absolute atomic E-state index is 12.1. The van der Waals surface area contributed by atoms with Crippen molar-refractivity contribution in [2.24, 2.45) is 0 Å². The summed E-state index contributed by atoms with van der Waals surface area (Å²) in [5, 5.41) is 0. The highest BCUT2D eigenvalue weighted by atomic mass is 16.5. The molecule has 0 saturated carbocycles. The first-order chi connectivity index (χ1) is 14.7. The number of benzene rings is 1. The fourth-order valence-electron chi connectivity index (χ4n) is 4.08. The number of anilines is 1. The summed E-state index contributed by atoms with van der Waals surface area (Å²) >= 11 is 0. The van der Waals surface area contributed by atoms with Crippen LogP contribution in [-0.2, 0) is 16.1 Å². The lowest BCUT2D eigenvalue weighted by molar-refractivity contribution is -0.141. The zero-order chi connectivity index (χ0) is 21.2. The van der Waals surface area contributed by atoms with Crippen LogP contribution in [0.2, 0.25) is 0 Å². The van der Waals surface area contributed by atoms with Crippen molar-refractivity contribution < 1.29 is 14.3 Å². The minimum absolute atomic E-state index is 0.175. The van der Waals surface area contributed by atoms with Crippen molar-refractivity contribution in [3.8, 4) is 5.75 Å². The second-order valence-corrected chi connectivity index (χ2v) is 7.95. The van der Waals surface area contributed by atoms with Crippen LogP contribution in [0.25, 0.3) is 0 Å². The molecule has 1 aliphatic rings. The molecular weight excluding hydrogens is 378 g/mol. The van der Waals surface area contributed by atoms with Crippen LogP contribution in [0.15, 0.2) is 36.9 Å². The summed E-state index contributed by atoms with van der Waals surface area (Å²) in [7, 11) is 0. The van der Waals surface area contributed by atoms with Gasteiger partial charge in [0.2, 0.25) is 0 Å². The molecule has 1 atom stereocenters. The number of unbranched alkanes of at least 4 members (excludes halogenated alkanes) is 4. The van der Waals surface area contributed by atoms with Gasteiger partial charge in [0, 0.05) is 37.1 Å². The minimum Gasteiger partial charge on any atom is -0.494 e. The van der Waals surface area contributed by atoms with E-state index in [1.54, 1.807) is 0 Å². The van der Waals surface area contributed by atoms with Gasteiger partial charge in [0.1, 0.15) is 12.3 Å². The molecule has 6 heteroatoms. The van der Waals surface area contributed by atoms with E-state index in [-0.39, 0.29) is 5.97 Å². The predicted molar refractivity (Wildman–Crippen MR) is 119 cm³/mol.